The highest BCUT2D eigenvalue weighted by Crippen LogP contribution is 2.47. The smallest absolute Gasteiger partial charge is 0.162 e. The Hall–Kier alpha value is -5.78. The summed E-state index contributed by atoms with van der Waals surface area (Å²) >= 11 is 1.77. The Morgan fingerprint density at radius 3 is 1.91 bits per heavy atom. The molecule has 4 nitrogen and oxygen atoms in total. The topological polar surface area (TPSA) is 35.1 Å². The van der Waals surface area contributed by atoms with Crippen molar-refractivity contribution in [3.05, 3.63) is 133 Å². The Bertz CT molecular complexity index is 2980. The fourth-order valence-corrected chi connectivity index (χ4v) is 8.76. The summed E-state index contributed by atoms with van der Waals surface area (Å²) in [6.07, 6.45) is 0. The summed E-state index contributed by atoms with van der Waals surface area (Å²) in [5, 5.41) is 8.76. The second-order valence-electron chi connectivity index (χ2n) is 11.8. The van der Waals surface area contributed by atoms with Crippen LogP contribution in [-0.4, -0.2) is 18.9 Å². The molecule has 0 atom stereocenters. The first-order valence-corrected chi connectivity index (χ1v) is 16.0. The highest BCUT2D eigenvalue weighted by Gasteiger charge is 2.26. The van der Waals surface area contributed by atoms with Crippen molar-refractivity contribution in [1.82, 2.24) is 18.9 Å². The lowest BCUT2D eigenvalue weighted by molar-refractivity contribution is 1.08. The summed E-state index contributed by atoms with van der Waals surface area (Å²) in [4.78, 5) is 10.6. The SMILES string of the molecule is c1ccc(-c2nc(-n3c4ccccc4c4c5c6ccccc6n6c7ccccc7c(cc43)c56)c3sc4ccccc4c3n2)cc1. The van der Waals surface area contributed by atoms with Crippen LogP contribution >= 0.6 is 11.3 Å². The fraction of sp³-hybridized carbons (Fsp3) is 0. The van der Waals surface area contributed by atoms with Gasteiger partial charge in [0.1, 0.15) is 0 Å². The predicted molar refractivity (Wildman–Crippen MR) is 189 cm³/mol. The zero-order valence-corrected chi connectivity index (χ0v) is 24.7. The number of fused-ring (bicyclic) bond motifs is 13. The molecule has 0 unspecified atom stereocenters. The molecule has 11 rings (SSSR count). The van der Waals surface area contributed by atoms with Crippen molar-refractivity contribution >= 4 is 91.5 Å². The molecule has 0 fully saturated rings. The summed E-state index contributed by atoms with van der Waals surface area (Å²) in [5.41, 5.74) is 8.08. The van der Waals surface area contributed by atoms with Crippen LogP contribution < -0.4 is 0 Å². The molecule has 0 aliphatic heterocycles. The molecule has 0 bridgehead atoms. The molecule has 0 aliphatic carbocycles. The van der Waals surface area contributed by atoms with E-state index in [9.17, 15) is 0 Å². The van der Waals surface area contributed by atoms with Gasteiger partial charge in [-0.3, -0.25) is 4.57 Å². The van der Waals surface area contributed by atoms with Crippen LogP contribution in [-0.2, 0) is 0 Å². The van der Waals surface area contributed by atoms with Crippen molar-refractivity contribution in [3.8, 4) is 17.2 Å². The van der Waals surface area contributed by atoms with Crippen LogP contribution in [0.1, 0.15) is 0 Å². The molecule has 0 saturated carbocycles. The van der Waals surface area contributed by atoms with Gasteiger partial charge in [0.05, 0.1) is 37.8 Å². The molecule has 0 radical (unpaired) electrons. The molecule has 0 spiro atoms. The number of nitrogens with zero attached hydrogens (tertiary/aromatic N) is 4. The van der Waals surface area contributed by atoms with Crippen LogP contribution in [0.2, 0.25) is 0 Å². The van der Waals surface area contributed by atoms with Crippen LogP contribution in [0.5, 0.6) is 0 Å². The lowest BCUT2D eigenvalue weighted by Gasteiger charge is -2.11. The van der Waals surface area contributed by atoms with Gasteiger partial charge in [-0.1, -0.05) is 103 Å². The van der Waals surface area contributed by atoms with Crippen molar-refractivity contribution in [2.24, 2.45) is 0 Å². The van der Waals surface area contributed by atoms with Gasteiger partial charge in [-0.25, -0.2) is 9.97 Å². The van der Waals surface area contributed by atoms with Crippen molar-refractivity contribution in [2.45, 2.75) is 0 Å². The molecule has 0 N–H and O–H groups in total. The van der Waals surface area contributed by atoms with E-state index >= 15 is 0 Å². The third-order valence-electron chi connectivity index (χ3n) is 9.45. The van der Waals surface area contributed by atoms with Gasteiger partial charge in [0, 0.05) is 48.0 Å². The second kappa shape index (κ2) is 8.44. The van der Waals surface area contributed by atoms with Gasteiger partial charge in [-0.15, -0.1) is 11.3 Å². The summed E-state index contributed by atoms with van der Waals surface area (Å²) in [6.45, 7) is 0. The van der Waals surface area contributed by atoms with Crippen molar-refractivity contribution in [1.29, 1.82) is 0 Å². The average molecular weight is 591 g/mol. The highest BCUT2D eigenvalue weighted by atomic mass is 32.1. The molecule has 45 heavy (non-hydrogen) atoms. The third-order valence-corrected chi connectivity index (χ3v) is 10.6. The monoisotopic (exact) mass is 590 g/mol. The Kier molecular flexibility index (Phi) is 4.43. The van der Waals surface area contributed by atoms with Gasteiger partial charge in [0.15, 0.2) is 11.6 Å². The predicted octanol–water partition coefficient (Wildman–Crippen LogP) is 10.8. The molecular formula is C40H22N4S. The summed E-state index contributed by atoms with van der Waals surface area (Å²) in [5.74, 6) is 1.66. The summed E-state index contributed by atoms with van der Waals surface area (Å²) < 4.78 is 7.17. The van der Waals surface area contributed by atoms with Crippen LogP contribution in [0.25, 0.3) is 97.4 Å². The fourth-order valence-electron chi connectivity index (χ4n) is 7.64. The van der Waals surface area contributed by atoms with Crippen LogP contribution in [0.3, 0.4) is 0 Å². The maximum absolute atomic E-state index is 5.41. The van der Waals surface area contributed by atoms with E-state index in [1.54, 1.807) is 11.3 Å². The molecular weight excluding hydrogens is 569 g/mol. The van der Waals surface area contributed by atoms with Crippen molar-refractivity contribution < 1.29 is 0 Å². The molecule has 5 aromatic heterocycles. The number of thiophene rings is 1. The Labute approximate surface area is 260 Å². The van der Waals surface area contributed by atoms with Gasteiger partial charge >= 0.3 is 0 Å². The molecule has 5 heterocycles. The summed E-state index contributed by atoms with van der Waals surface area (Å²) in [7, 11) is 0. The van der Waals surface area contributed by atoms with Gasteiger partial charge in [0.2, 0.25) is 0 Å². The normalized spacial score (nSPS) is 12.4. The van der Waals surface area contributed by atoms with Gasteiger partial charge in [-0.2, -0.15) is 0 Å². The number of hydrogen-bond acceptors (Lipinski definition) is 3. The van der Waals surface area contributed by atoms with E-state index in [1.165, 1.54) is 53.6 Å². The Balaban J connectivity index is 1.41. The quantitative estimate of drug-likeness (QED) is 0.201. The number of hydrogen-bond donors (Lipinski definition) is 0. The first-order chi connectivity index (χ1) is 22.3. The molecule has 0 aliphatic rings. The minimum atomic E-state index is 0.736. The largest absolute Gasteiger partial charge is 0.308 e. The zero-order chi connectivity index (χ0) is 29.2. The lowest BCUT2D eigenvalue weighted by Crippen LogP contribution is -2.01. The maximum atomic E-state index is 5.41. The van der Waals surface area contributed by atoms with E-state index in [0.717, 1.165) is 43.8 Å². The van der Waals surface area contributed by atoms with Gasteiger partial charge < -0.3 is 4.40 Å². The van der Waals surface area contributed by atoms with Crippen molar-refractivity contribution in [3.63, 3.8) is 0 Å². The molecule has 6 aromatic carbocycles. The number of aromatic nitrogens is 4. The minimum Gasteiger partial charge on any atom is -0.308 e. The summed E-state index contributed by atoms with van der Waals surface area (Å²) in [6, 6.07) is 47.8. The molecule has 0 amide bonds. The highest BCUT2D eigenvalue weighted by molar-refractivity contribution is 7.26. The van der Waals surface area contributed by atoms with E-state index in [0.29, 0.717) is 0 Å². The van der Waals surface area contributed by atoms with Crippen molar-refractivity contribution in [2.75, 3.05) is 0 Å². The Morgan fingerprint density at radius 1 is 0.489 bits per heavy atom. The molecule has 0 saturated heterocycles. The van der Waals surface area contributed by atoms with Gasteiger partial charge in [0.25, 0.3) is 0 Å². The molecule has 11 aromatic rings. The molecule has 208 valence electrons. The van der Waals surface area contributed by atoms with Crippen LogP contribution in [0.15, 0.2) is 133 Å². The minimum absolute atomic E-state index is 0.736. The lowest BCUT2D eigenvalue weighted by atomic mass is 10.0. The first-order valence-electron chi connectivity index (χ1n) is 15.2. The van der Waals surface area contributed by atoms with E-state index in [2.05, 4.69) is 136 Å². The van der Waals surface area contributed by atoms with Gasteiger partial charge in [-0.05, 0) is 30.3 Å². The number of rotatable bonds is 2. The van der Waals surface area contributed by atoms with E-state index in [-0.39, 0.29) is 0 Å². The maximum Gasteiger partial charge on any atom is 0.162 e. The molecule has 5 heteroatoms. The van der Waals surface area contributed by atoms with E-state index in [4.69, 9.17) is 9.97 Å². The van der Waals surface area contributed by atoms with Crippen LogP contribution in [0.4, 0.5) is 0 Å². The standard InChI is InChI=1S/C40H22N4S/c1-2-12-23(13-3-1)39-41-36-27-17-7-11-21-33(27)45-38(36)40(42-39)44-31-20-10-5-15-25(31)34-32(44)22-28-24-14-4-8-18-29(24)43-30-19-9-6-16-26(30)35(34)37(28)43/h1-22H. The first kappa shape index (κ1) is 23.6. The van der Waals surface area contributed by atoms with Crippen LogP contribution in [0, 0.1) is 0 Å². The van der Waals surface area contributed by atoms with E-state index < -0.39 is 0 Å². The average Bonchev–Trinajstić information content (AvgIpc) is 3.83. The number of benzene rings is 6. The van der Waals surface area contributed by atoms with E-state index in [1.807, 2.05) is 6.07 Å². The third kappa shape index (κ3) is 2.96. The number of para-hydroxylation sites is 3. The Morgan fingerprint density at radius 2 is 1.11 bits per heavy atom. The zero-order valence-electron chi connectivity index (χ0n) is 23.9. The second-order valence-corrected chi connectivity index (χ2v) is 12.8.